The minimum absolute atomic E-state index is 0.264. The van der Waals surface area contributed by atoms with E-state index in [4.69, 9.17) is 5.11 Å². The second-order valence-corrected chi connectivity index (χ2v) is 5.20. The second kappa shape index (κ2) is 6.30. The average Bonchev–Trinajstić information content (AvgIpc) is 2.19. The van der Waals surface area contributed by atoms with Gasteiger partial charge in [-0.2, -0.15) is 0 Å². The number of aliphatic carboxylic acids is 1. The molecule has 0 amide bonds. The minimum atomic E-state index is -0.700. The molecule has 0 aromatic heterocycles. The highest BCUT2D eigenvalue weighted by Crippen LogP contribution is 2.13. The fourth-order valence-electron chi connectivity index (χ4n) is 1.61. The zero-order chi connectivity index (χ0) is 10.4. The van der Waals surface area contributed by atoms with Crippen LogP contribution in [0.5, 0.6) is 0 Å². The molecule has 1 atom stereocenters. The summed E-state index contributed by atoms with van der Waals surface area (Å²) in [5.74, 6) is 0.238. The van der Waals surface area contributed by atoms with E-state index in [2.05, 4.69) is 4.90 Å². The molecule has 82 valence electrons. The number of carboxylic acid groups (broad SMARTS) is 1. The zero-order valence-electron chi connectivity index (χ0n) is 8.74. The van der Waals surface area contributed by atoms with E-state index in [-0.39, 0.29) is 5.25 Å². The van der Waals surface area contributed by atoms with Crippen LogP contribution in [-0.2, 0) is 4.79 Å². The predicted octanol–water partition coefficient (Wildman–Crippen LogP) is 1.68. The molecule has 0 aliphatic carbocycles. The van der Waals surface area contributed by atoms with Crippen LogP contribution in [0.1, 0.15) is 26.2 Å². The maximum absolute atomic E-state index is 10.5. The molecule has 0 spiro atoms. The van der Waals surface area contributed by atoms with Gasteiger partial charge in [-0.1, -0.05) is 6.42 Å². The largest absolute Gasteiger partial charge is 0.480 e. The molecule has 1 unspecified atom stereocenters. The number of rotatable bonds is 5. The van der Waals surface area contributed by atoms with Crippen LogP contribution in [0.2, 0.25) is 0 Å². The molecular weight excluding hydrogens is 198 g/mol. The highest BCUT2D eigenvalue weighted by molar-refractivity contribution is 8.00. The van der Waals surface area contributed by atoms with Gasteiger partial charge in [0.25, 0.3) is 0 Å². The monoisotopic (exact) mass is 217 g/mol. The van der Waals surface area contributed by atoms with Gasteiger partial charge in [-0.3, -0.25) is 4.79 Å². The van der Waals surface area contributed by atoms with Crippen molar-refractivity contribution in [2.45, 2.75) is 31.4 Å². The van der Waals surface area contributed by atoms with Crippen LogP contribution < -0.4 is 0 Å². The molecule has 1 fully saturated rings. The molecule has 3 nitrogen and oxygen atoms in total. The first kappa shape index (κ1) is 11.9. The highest BCUT2D eigenvalue weighted by Gasteiger charge is 2.13. The van der Waals surface area contributed by atoms with Crippen LogP contribution in [0.15, 0.2) is 0 Å². The lowest BCUT2D eigenvalue weighted by Gasteiger charge is -2.26. The fraction of sp³-hybridized carbons (Fsp3) is 0.900. The van der Waals surface area contributed by atoms with Crippen LogP contribution in [0.25, 0.3) is 0 Å². The van der Waals surface area contributed by atoms with Crippen molar-refractivity contribution in [1.29, 1.82) is 0 Å². The first-order chi connectivity index (χ1) is 6.70. The summed E-state index contributed by atoms with van der Waals surface area (Å²) in [5, 5.41) is 8.42. The number of carboxylic acids is 1. The first-order valence-electron chi connectivity index (χ1n) is 5.27. The van der Waals surface area contributed by atoms with Crippen molar-refractivity contribution in [3.05, 3.63) is 0 Å². The van der Waals surface area contributed by atoms with Crippen LogP contribution in [-0.4, -0.2) is 46.6 Å². The topological polar surface area (TPSA) is 40.5 Å². The minimum Gasteiger partial charge on any atom is -0.480 e. The Hall–Kier alpha value is -0.220. The van der Waals surface area contributed by atoms with E-state index in [9.17, 15) is 4.79 Å². The molecule has 1 N–H and O–H groups in total. The Bertz CT molecular complexity index is 181. The van der Waals surface area contributed by atoms with Gasteiger partial charge in [0.1, 0.15) is 0 Å². The highest BCUT2D eigenvalue weighted by atomic mass is 32.2. The molecule has 14 heavy (non-hydrogen) atoms. The Balaban J connectivity index is 2.05. The molecule has 0 radical (unpaired) electrons. The summed E-state index contributed by atoms with van der Waals surface area (Å²) in [6, 6.07) is 0. The summed E-state index contributed by atoms with van der Waals surface area (Å²) in [7, 11) is 0. The van der Waals surface area contributed by atoms with Crippen molar-refractivity contribution in [3.8, 4) is 0 Å². The van der Waals surface area contributed by atoms with Crippen LogP contribution >= 0.6 is 11.8 Å². The summed E-state index contributed by atoms with van der Waals surface area (Å²) in [6.45, 7) is 5.19. The van der Waals surface area contributed by atoms with E-state index in [0.29, 0.717) is 0 Å². The Labute approximate surface area is 89.9 Å². The van der Waals surface area contributed by atoms with Crippen molar-refractivity contribution in [1.82, 2.24) is 4.90 Å². The molecule has 0 saturated carbocycles. The van der Waals surface area contributed by atoms with Gasteiger partial charge in [-0.05, 0) is 32.9 Å². The molecule has 1 aliphatic heterocycles. The molecule has 0 aromatic rings. The Kier molecular flexibility index (Phi) is 5.33. The molecule has 4 heteroatoms. The molecule has 1 heterocycles. The van der Waals surface area contributed by atoms with Crippen molar-refractivity contribution in [3.63, 3.8) is 0 Å². The van der Waals surface area contributed by atoms with Gasteiger partial charge in [0.2, 0.25) is 0 Å². The third-order valence-corrected chi connectivity index (χ3v) is 3.69. The average molecular weight is 217 g/mol. The van der Waals surface area contributed by atoms with Crippen molar-refractivity contribution < 1.29 is 9.90 Å². The molecule has 1 aliphatic rings. The van der Waals surface area contributed by atoms with Crippen LogP contribution in [0, 0.1) is 0 Å². The van der Waals surface area contributed by atoms with Gasteiger partial charge in [-0.25, -0.2) is 0 Å². The van der Waals surface area contributed by atoms with Crippen molar-refractivity contribution >= 4 is 17.7 Å². The van der Waals surface area contributed by atoms with E-state index in [1.54, 1.807) is 6.92 Å². The number of carbonyl (C=O) groups is 1. The lowest BCUT2D eigenvalue weighted by molar-refractivity contribution is -0.136. The van der Waals surface area contributed by atoms with E-state index in [1.807, 2.05) is 0 Å². The van der Waals surface area contributed by atoms with Gasteiger partial charge >= 0.3 is 5.97 Å². The van der Waals surface area contributed by atoms with Gasteiger partial charge in [0.15, 0.2) is 0 Å². The molecule has 1 rings (SSSR count). The summed E-state index contributed by atoms with van der Waals surface area (Å²) in [6.07, 6.45) is 3.97. The van der Waals surface area contributed by atoms with Gasteiger partial charge in [0.05, 0.1) is 5.25 Å². The first-order valence-corrected chi connectivity index (χ1v) is 6.32. The van der Waals surface area contributed by atoms with Crippen LogP contribution in [0.4, 0.5) is 0 Å². The van der Waals surface area contributed by atoms with E-state index < -0.39 is 5.97 Å². The third-order valence-electron chi connectivity index (χ3n) is 2.57. The van der Waals surface area contributed by atoms with E-state index in [0.717, 1.165) is 12.3 Å². The summed E-state index contributed by atoms with van der Waals surface area (Å²) >= 11 is 1.54. The summed E-state index contributed by atoms with van der Waals surface area (Å²) in [4.78, 5) is 13.0. The SMILES string of the molecule is CC(SCCN1CCCCC1)C(=O)O. The third kappa shape index (κ3) is 4.33. The summed E-state index contributed by atoms with van der Waals surface area (Å²) < 4.78 is 0. The Morgan fingerprint density at radius 3 is 2.64 bits per heavy atom. The van der Waals surface area contributed by atoms with Crippen molar-refractivity contribution in [2.24, 2.45) is 0 Å². The number of likely N-dealkylation sites (tertiary alicyclic amines) is 1. The molecule has 0 aromatic carbocycles. The number of hydrogen-bond acceptors (Lipinski definition) is 3. The zero-order valence-corrected chi connectivity index (χ0v) is 9.55. The Morgan fingerprint density at radius 2 is 2.07 bits per heavy atom. The van der Waals surface area contributed by atoms with Crippen molar-refractivity contribution in [2.75, 3.05) is 25.4 Å². The molecular formula is C10H19NO2S. The number of piperidine rings is 1. The standard InChI is InChI=1S/C10H19NO2S/c1-9(10(12)13)14-8-7-11-5-3-2-4-6-11/h9H,2-8H2,1H3,(H,12,13). The molecule has 1 saturated heterocycles. The summed E-state index contributed by atoms with van der Waals surface area (Å²) in [5.41, 5.74) is 0. The number of nitrogens with zero attached hydrogens (tertiary/aromatic N) is 1. The smallest absolute Gasteiger partial charge is 0.316 e. The van der Waals surface area contributed by atoms with E-state index >= 15 is 0 Å². The quantitative estimate of drug-likeness (QED) is 0.760. The maximum Gasteiger partial charge on any atom is 0.316 e. The van der Waals surface area contributed by atoms with Crippen LogP contribution in [0.3, 0.4) is 0 Å². The lowest BCUT2D eigenvalue weighted by atomic mass is 10.1. The maximum atomic E-state index is 10.5. The fourth-order valence-corrected chi connectivity index (χ4v) is 2.47. The molecule has 0 bridgehead atoms. The van der Waals surface area contributed by atoms with Gasteiger partial charge in [0, 0.05) is 12.3 Å². The van der Waals surface area contributed by atoms with E-state index in [1.165, 1.54) is 44.1 Å². The normalized spacial score (nSPS) is 20.6. The lowest BCUT2D eigenvalue weighted by Crippen LogP contribution is -2.32. The Morgan fingerprint density at radius 1 is 1.43 bits per heavy atom. The number of thioether (sulfide) groups is 1. The number of hydrogen-bond donors (Lipinski definition) is 1. The second-order valence-electron chi connectivity index (χ2n) is 3.75. The van der Waals surface area contributed by atoms with Gasteiger partial charge in [-0.15, -0.1) is 11.8 Å². The van der Waals surface area contributed by atoms with Gasteiger partial charge < -0.3 is 10.0 Å². The predicted molar refractivity (Wildman–Crippen MR) is 59.8 cm³/mol.